The summed E-state index contributed by atoms with van der Waals surface area (Å²) in [5, 5.41) is 0. The van der Waals surface area contributed by atoms with Crippen LogP contribution in [0.5, 0.6) is 0 Å². The zero-order chi connectivity index (χ0) is 9.83. The second-order valence-electron chi connectivity index (χ2n) is 1.80. The van der Waals surface area contributed by atoms with E-state index in [0.29, 0.717) is 13.2 Å². The van der Waals surface area contributed by atoms with Crippen LogP contribution < -0.4 is 0 Å². The van der Waals surface area contributed by atoms with E-state index in [4.69, 9.17) is 9.05 Å². The molecule has 0 aromatic rings. The van der Waals surface area contributed by atoms with E-state index < -0.39 is 9.48 Å². The molecule has 0 rings (SSSR count). The van der Waals surface area contributed by atoms with Crippen molar-refractivity contribution in [1.82, 2.24) is 0 Å². The van der Waals surface area contributed by atoms with Crippen molar-refractivity contribution in [2.75, 3.05) is 13.2 Å². The third-order valence-electron chi connectivity index (χ3n) is 0.909. The zero-order valence-corrected chi connectivity index (χ0v) is 12.4. The first-order chi connectivity index (χ1) is 5.37. The van der Waals surface area contributed by atoms with Gasteiger partial charge in [0.15, 0.2) is 0 Å². The smallest absolute Gasteiger partial charge is 0.307 e. The average molecular weight is 389 g/mol. The minimum absolute atomic E-state index is 0.335. The van der Waals surface area contributed by atoms with E-state index in [1.807, 2.05) is 0 Å². The fraction of sp³-hybridized carbons (Fsp3) is 1.00. The van der Waals surface area contributed by atoms with Crippen molar-refractivity contribution in [2.45, 2.75) is 15.7 Å². The third-order valence-corrected chi connectivity index (χ3v) is 6.64. The van der Waals surface area contributed by atoms with Gasteiger partial charge in [-0.25, -0.2) is 0 Å². The van der Waals surface area contributed by atoms with Crippen LogP contribution in [0.15, 0.2) is 0 Å². The topological polar surface area (TPSA) is 35.5 Å². The Labute approximate surface area is 97.5 Å². The predicted molar refractivity (Wildman–Crippen MR) is 60.4 cm³/mol. The number of hydrogen-bond acceptors (Lipinski definition) is 3. The summed E-state index contributed by atoms with van der Waals surface area (Å²) in [6, 6.07) is 0. The van der Waals surface area contributed by atoms with Crippen LogP contribution in [0.25, 0.3) is 0 Å². The van der Waals surface area contributed by atoms with Crippen LogP contribution in [-0.2, 0) is 13.6 Å². The van der Waals surface area contributed by atoms with Gasteiger partial charge < -0.3 is 9.05 Å². The van der Waals surface area contributed by atoms with Gasteiger partial charge in [0.25, 0.3) is 0 Å². The second kappa shape index (κ2) is 5.47. The fourth-order valence-electron chi connectivity index (χ4n) is 0.524. The molecule has 0 N–H and O–H groups in total. The Morgan fingerprint density at radius 1 is 1.17 bits per heavy atom. The molecule has 0 aliphatic carbocycles. The molecule has 0 amide bonds. The summed E-state index contributed by atoms with van der Waals surface area (Å²) in [5.41, 5.74) is 0. The van der Waals surface area contributed by atoms with E-state index in [9.17, 15) is 4.57 Å². The zero-order valence-electron chi connectivity index (χ0n) is 6.72. The lowest BCUT2D eigenvalue weighted by atomic mass is 10.9. The number of halogens is 3. The molecule has 0 spiro atoms. The summed E-state index contributed by atoms with van der Waals surface area (Å²) in [7, 11) is -3.15. The van der Waals surface area contributed by atoms with Crippen molar-refractivity contribution in [2.24, 2.45) is 0 Å². The van der Waals surface area contributed by atoms with Gasteiger partial charge in [-0.3, -0.25) is 4.57 Å². The lowest BCUT2D eigenvalue weighted by Gasteiger charge is -2.24. The standard InChI is InChI=1S/C5H10Br3O3P/c1-3-10-12(9,11-4-2)5(6,7)8/h3-4H2,1-2H3. The van der Waals surface area contributed by atoms with Gasteiger partial charge in [-0.1, -0.05) is 0 Å². The molecule has 3 nitrogen and oxygen atoms in total. The predicted octanol–water partition coefficient (Wildman–Crippen LogP) is 4.05. The van der Waals surface area contributed by atoms with E-state index in [1.165, 1.54) is 0 Å². The van der Waals surface area contributed by atoms with Crippen LogP contribution in [0.3, 0.4) is 0 Å². The second-order valence-corrected chi connectivity index (χ2v) is 12.6. The van der Waals surface area contributed by atoms with Gasteiger partial charge in [0.05, 0.1) is 13.2 Å². The van der Waals surface area contributed by atoms with Crippen LogP contribution in [0.4, 0.5) is 0 Å². The van der Waals surface area contributed by atoms with Crippen LogP contribution in [0.2, 0.25) is 0 Å². The Kier molecular flexibility index (Phi) is 6.19. The van der Waals surface area contributed by atoms with Crippen LogP contribution in [-0.4, -0.2) is 15.1 Å². The maximum Gasteiger partial charge on any atom is 0.368 e. The van der Waals surface area contributed by atoms with Crippen molar-refractivity contribution in [3.05, 3.63) is 0 Å². The lowest BCUT2D eigenvalue weighted by molar-refractivity contribution is 0.222. The van der Waals surface area contributed by atoms with Gasteiger partial charge in [-0.15, -0.1) is 0 Å². The Bertz CT molecular complexity index is 169. The first kappa shape index (κ1) is 13.6. The first-order valence-electron chi connectivity index (χ1n) is 3.33. The Morgan fingerprint density at radius 3 is 1.67 bits per heavy atom. The van der Waals surface area contributed by atoms with Crippen molar-refractivity contribution in [1.29, 1.82) is 0 Å². The van der Waals surface area contributed by atoms with Crippen LogP contribution >= 0.6 is 55.4 Å². The summed E-state index contributed by atoms with van der Waals surface area (Å²) in [6.45, 7) is 4.18. The molecule has 0 atom stereocenters. The largest absolute Gasteiger partial charge is 0.368 e. The molecule has 0 radical (unpaired) electrons. The Balaban J connectivity index is 4.51. The Hall–Kier alpha value is 1.59. The Morgan fingerprint density at radius 2 is 1.50 bits per heavy atom. The van der Waals surface area contributed by atoms with E-state index >= 15 is 0 Å². The highest BCUT2D eigenvalue weighted by Gasteiger charge is 2.45. The maximum absolute atomic E-state index is 11.8. The highest BCUT2D eigenvalue weighted by molar-refractivity contribution is 9.41. The van der Waals surface area contributed by atoms with E-state index in [-0.39, 0.29) is 0 Å². The first-order valence-corrected chi connectivity index (χ1v) is 7.25. The summed E-state index contributed by atoms with van der Waals surface area (Å²) >= 11 is 9.37. The molecular weight excluding hydrogens is 379 g/mol. The van der Waals surface area contributed by atoms with E-state index in [0.717, 1.165) is 0 Å². The van der Waals surface area contributed by atoms with Gasteiger partial charge in [0.2, 0.25) is 1.88 Å². The van der Waals surface area contributed by atoms with Gasteiger partial charge in [0, 0.05) is 0 Å². The van der Waals surface area contributed by atoms with Crippen molar-refractivity contribution < 1.29 is 13.6 Å². The number of alkyl halides is 3. The molecule has 0 heterocycles. The highest BCUT2D eigenvalue weighted by atomic mass is 80.0. The number of hydrogen-bond donors (Lipinski definition) is 0. The molecule has 0 saturated heterocycles. The van der Waals surface area contributed by atoms with E-state index in [1.54, 1.807) is 13.8 Å². The molecule has 0 fully saturated rings. The molecule has 12 heavy (non-hydrogen) atoms. The molecule has 0 saturated carbocycles. The van der Waals surface area contributed by atoms with Crippen LogP contribution in [0.1, 0.15) is 13.8 Å². The maximum atomic E-state index is 11.8. The summed E-state index contributed by atoms with van der Waals surface area (Å²) in [6.07, 6.45) is 0. The fourth-order valence-corrected chi connectivity index (χ4v) is 3.41. The monoisotopic (exact) mass is 386 g/mol. The molecule has 7 heteroatoms. The van der Waals surface area contributed by atoms with Gasteiger partial charge in [0.1, 0.15) is 0 Å². The van der Waals surface area contributed by atoms with Crippen LogP contribution in [0, 0.1) is 0 Å². The summed E-state index contributed by atoms with van der Waals surface area (Å²) < 4.78 is 20.9. The molecule has 0 unspecified atom stereocenters. The highest BCUT2D eigenvalue weighted by Crippen LogP contribution is 2.69. The SMILES string of the molecule is CCOP(=O)(OCC)C(Br)(Br)Br. The van der Waals surface area contributed by atoms with Crippen molar-refractivity contribution in [3.63, 3.8) is 0 Å². The molecule has 74 valence electrons. The molecule has 0 aliphatic rings. The minimum Gasteiger partial charge on any atom is -0.307 e. The number of rotatable bonds is 4. The average Bonchev–Trinajstić information content (AvgIpc) is 1.86. The minimum atomic E-state index is -3.15. The van der Waals surface area contributed by atoms with E-state index in [2.05, 4.69) is 47.8 Å². The quantitative estimate of drug-likeness (QED) is 0.538. The molecular formula is C5H10Br3O3P. The molecule has 0 aromatic carbocycles. The molecule has 0 aromatic heterocycles. The molecule has 0 aliphatic heterocycles. The van der Waals surface area contributed by atoms with Gasteiger partial charge in [-0.05, 0) is 61.6 Å². The van der Waals surface area contributed by atoms with Crippen molar-refractivity contribution in [3.8, 4) is 0 Å². The summed E-state index contributed by atoms with van der Waals surface area (Å²) in [5.74, 6) is 0. The lowest BCUT2D eigenvalue weighted by Crippen LogP contribution is -2.08. The van der Waals surface area contributed by atoms with Gasteiger partial charge >= 0.3 is 7.60 Å². The molecule has 0 bridgehead atoms. The van der Waals surface area contributed by atoms with Crippen molar-refractivity contribution >= 4 is 55.4 Å². The van der Waals surface area contributed by atoms with Gasteiger partial charge in [-0.2, -0.15) is 0 Å². The third kappa shape index (κ3) is 3.76. The summed E-state index contributed by atoms with van der Waals surface area (Å²) in [4.78, 5) is 0. The normalized spacial score (nSPS) is 13.4.